The molecule has 0 bridgehead atoms. The second kappa shape index (κ2) is 5.64. The van der Waals surface area contributed by atoms with E-state index >= 15 is 0 Å². The Morgan fingerprint density at radius 2 is 1.53 bits per heavy atom. The van der Waals surface area contributed by atoms with E-state index in [0.29, 0.717) is 20.2 Å². The van der Waals surface area contributed by atoms with Gasteiger partial charge in [-0.3, -0.25) is 4.72 Å². The lowest BCUT2D eigenvalue weighted by Crippen LogP contribution is -2.14. The monoisotopic (exact) mass is 403 g/mol. The molecule has 0 amide bonds. The molecule has 2 aromatic rings. The van der Waals surface area contributed by atoms with Gasteiger partial charge in [-0.15, -0.1) is 0 Å². The van der Waals surface area contributed by atoms with Gasteiger partial charge in [-0.05, 0) is 62.5 Å². The lowest BCUT2D eigenvalue weighted by atomic mass is 10.2. The number of nitrogens with one attached hydrogen (secondary N) is 1. The minimum absolute atomic E-state index is 0.276. The van der Waals surface area contributed by atoms with Crippen LogP contribution in [0.2, 0.25) is 0 Å². The predicted octanol–water partition coefficient (Wildman–Crippen LogP) is 4.32. The SMILES string of the molecule is Cc1ccccc1S(=O)(=O)Nc1c(Br)cccc1Br. The summed E-state index contributed by atoms with van der Waals surface area (Å²) in [7, 11) is -3.60. The fourth-order valence-electron chi connectivity index (χ4n) is 1.64. The van der Waals surface area contributed by atoms with Crippen LogP contribution in [-0.2, 0) is 10.0 Å². The summed E-state index contributed by atoms with van der Waals surface area (Å²) in [6.07, 6.45) is 0. The third-order valence-electron chi connectivity index (χ3n) is 2.58. The number of benzene rings is 2. The fraction of sp³-hybridized carbons (Fsp3) is 0.0769. The molecule has 0 atom stereocenters. The van der Waals surface area contributed by atoms with Gasteiger partial charge in [0, 0.05) is 8.95 Å². The second-order valence-corrected chi connectivity index (χ2v) is 7.33. The number of hydrogen-bond donors (Lipinski definition) is 1. The Labute approximate surface area is 129 Å². The highest BCUT2D eigenvalue weighted by molar-refractivity contribution is 9.11. The molecule has 0 aromatic heterocycles. The van der Waals surface area contributed by atoms with Crippen molar-refractivity contribution in [2.75, 3.05) is 4.72 Å². The van der Waals surface area contributed by atoms with Crippen LogP contribution in [0, 0.1) is 6.92 Å². The maximum absolute atomic E-state index is 12.4. The summed E-state index contributed by atoms with van der Waals surface area (Å²) in [5, 5.41) is 0. The Morgan fingerprint density at radius 1 is 0.947 bits per heavy atom. The molecule has 0 aliphatic rings. The number of para-hydroxylation sites is 1. The van der Waals surface area contributed by atoms with Crippen molar-refractivity contribution in [3.63, 3.8) is 0 Å². The van der Waals surface area contributed by atoms with Crippen LogP contribution in [0.5, 0.6) is 0 Å². The second-order valence-electron chi connectivity index (χ2n) is 3.97. The van der Waals surface area contributed by atoms with Gasteiger partial charge in [0.05, 0.1) is 10.6 Å². The molecule has 19 heavy (non-hydrogen) atoms. The van der Waals surface area contributed by atoms with Gasteiger partial charge in [0.1, 0.15) is 0 Å². The van der Waals surface area contributed by atoms with Gasteiger partial charge < -0.3 is 0 Å². The Bertz CT molecular complexity index is 694. The Balaban J connectivity index is 2.46. The highest BCUT2D eigenvalue weighted by Crippen LogP contribution is 2.32. The molecule has 0 saturated heterocycles. The number of halogens is 2. The molecule has 0 radical (unpaired) electrons. The van der Waals surface area contributed by atoms with E-state index in [1.807, 2.05) is 12.1 Å². The average molecular weight is 405 g/mol. The molecule has 1 N–H and O–H groups in total. The molecule has 0 fully saturated rings. The molecule has 2 rings (SSSR count). The fourth-order valence-corrected chi connectivity index (χ4v) is 4.45. The molecule has 100 valence electrons. The first-order valence-corrected chi connectivity index (χ1v) is 8.51. The van der Waals surface area contributed by atoms with Crippen molar-refractivity contribution in [2.45, 2.75) is 11.8 Å². The Morgan fingerprint density at radius 3 is 2.11 bits per heavy atom. The van der Waals surface area contributed by atoms with Crippen LogP contribution in [0.25, 0.3) is 0 Å². The van der Waals surface area contributed by atoms with Gasteiger partial charge in [0.2, 0.25) is 0 Å². The molecule has 2 aromatic carbocycles. The quantitative estimate of drug-likeness (QED) is 0.827. The van der Waals surface area contributed by atoms with Crippen LogP contribution in [0.4, 0.5) is 5.69 Å². The highest BCUT2D eigenvalue weighted by Gasteiger charge is 2.18. The number of hydrogen-bond acceptors (Lipinski definition) is 2. The number of rotatable bonds is 3. The van der Waals surface area contributed by atoms with Crippen molar-refractivity contribution in [1.29, 1.82) is 0 Å². The third-order valence-corrected chi connectivity index (χ3v) is 5.41. The molecule has 0 aliphatic carbocycles. The summed E-state index contributed by atoms with van der Waals surface area (Å²) in [5.41, 5.74) is 1.20. The molecule has 0 unspecified atom stereocenters. The average Bonchev–Trinajstić information content (AvgIpc) is 2.34. The predicted molar refractivity (Wildman–Crippen MR) is 83.8 cm³/mol. The molecular formula is C13H11Br2NO2S. The van der Waals surface area contributed by atoms with E-state index in [-0.39, 0.29) is 4.90 Å². The Hall–Kier alpha value is -0.850. The molecule has 0 aliphatic heterocycles. The lowest BCUT2D eigenvalue weighted by molar-refractivity contribution is 0.600. The molecule has 0 spiro atoms. The minimum Gasteiger partial charge on any atom is -0.277 e. The van der Waals surface area contributed by atoms with E-state index in [0.717, 1.165) is 0 Å². The van der Waals surface area contributed by atoms with Crippen molar-refractivity contribution in [2.24, 2.45) is 0 Å². The van der Waals surface area contributed by atoms with Crippen molar-refractivity contribution < 1.29 is 8.42 Å². The highest BCUT2D eigenvalue weighted by atomic mass is 79.9. The van der Waals surface area contributed by atoms with Crippen molar-refractivity contribution in [3.8, 4) is 0 Å². The van der Waals surface area contributed by atoms with E-state index < -0.39 is 10.0 Å². The van der Waals surface area contributed by atoms with Crippen molar-refractivity contribution in [1.82, 2.24) is 0 Å². The summed E-state index contributed by atoms with van der Waals surface area (Å²) < 4.78 is 28.7. The van der Waals surface area contributed by atoms with Crippen molar-refractivity contribution >= 4 is 47.6 Å². The van der Waals surface area contributed by atoms with Crippen LogP contribution in [-0.4, -0.2) is 8.42 Å². The van der Waals surface area contributed by atoms with Crippen LogP contribution < -0.4 is 4.72 Å². The lowest BCUT2D eigenvalue weighted by Gasteiger charge is -2.12. The first-order chi connectivity index (χ1) is 8.92. The summed E-state index contributed by atoms with van der Waals surface area (Å²) in [6.45, 7) is 1.77. The summed E-state index contributed by atoms with van der Waals surface area (Å²) in [6, 6.07) is 12.2. The van der Waals surface area contributed by atoms with Gasteiger partial charge in [-0.1, -0.05) is 24.3 Å². The maximum atomic E-state index is 12.4. The van der Waals surface area contributed by atoms with Crippen LogP contribution in [0.15, 0.2) is 56.3 Å². The third kappa shape index (κ3) is 3.19. The zero-order valence-electron chi connectivity index (χ0n) is 10.0. The summed E-state index contributed by atoms with van der Waals surface area (Å²) >= 11 is 6.67. The minimum atomic E-state index is -3.60. The van der Waals surface area contributed by atoms with E-state index in [1.54, 1.807) is 37.3 Å². The van der Waals surface area contributed by atoms with Gasteiger partial charge >= 0.3 is 0 Å². The van der Waals surface area contributed by atoms with E-state index in [9.17, 15) is 8.42 Å². The maximum Gasteiger partial charge on any atom is 0.262 e. The van der Waals surface area contributed by atoms with Crippen LogP contribution >= 0.6 is 31.9 Å². The molecule has 3 nitrogen and oxygen atoms in total. The molecule has 6 heteroatoms. The zero-order chi connectivity index (χ0) is 14.0. The Kier molecular flexibility index (Phi) is 4.32. The zero-order valence-corrected chi connectivity index (χ0v) is 14.0. The van der Waals surface area contributed by atoms with E-state index in [4.69, 9.17) is 0 Å². The summed E-state index contributed by atoms with van der Waals surface area (Å²) in [4.78, 5) is 0.276. The van der Waals surface area contributed by atoms with Gasteiger partial charge in [-0.25, -0.2) is 8.42 Å². The normalized spacial score (nSPS) is 11.3. The first-order valence-electron chi connectivity index (χ1n) is 5.44. The van der Waals surface area contributed by atoms with Gasteiger partial charge in [0.15, 0.2) is 0 Å². The van der Waals surface area contributed by atoms with Gasteiger partial charge in [-0.2, -0.15) is 0 Å². The first kappa shape index (κ1) is 14.6. The molecular weight excluding hydrogens is 394 g/mol. The number of sulfonamides is 1. The van der Waals surface area contributed by atoms with E-state index in [1.165, 1.54) is 0 Å². The van der Waals surface area contributed by atoms with Crippen LogP contribution in [0.1, 0.15) is 5.56 Å². The summed E-state index contributed by atoms with van der Waals surface area (Å²) in [5.74, 6) is 0. The molecule has 0 saturated carbocycles. The van der Waals surface area contributed by atoms with Gasteiger partial charge in [0.25, 0.3) is 10.0 Å². The standard InChI is InChI=1S/C13H11Br2NO2S/c1-9-5-2-3-8-12(9)19(17,18)16-13-10(14)6-4-7-11(13)15/h2-8,16H,1H3. The topological polar surface area (TPSA) is 46.2 Å². The van der Waals surface area contributed by atoms with E-state index in [2.05, 4.69) is 36.6 Å². The van der Waals surface area contributed by atoms with Crippen LogP contribution in [0.3, 0.4) is 0 Å². The number of anilines is 1. The smallest absolute Gasteiger partial charge is 0.262 e. The number of aryl methyl sites for hydroxylation is 1. The largest absolute Gasteiger partial charge is 0.277 e. The molecule has 0 heterocycles. The van der Waals surface area contributed by atoms with Crippen molar-refractivity contribution in [3.05, 3.63) is 57.0 Å².